The van der Waals surface area contributed by atoms with Crippen molar-refractivity contribution in [1.82, 2.24) is 5.01 Å². The van der Waals surface area contributed by atoms with Crippen LogP contribution in [0.15, 0.2) is 115 Å². The van der Waals surface area contributed by atoms with Gasteiger partial charge in [0.1, 0.15) is 0 Å². The lowest BCUT2D eigenvalue weighted by Crippen LogP contribution is -2.53. The number of allylic oxidation sites excluding steroid dienone is 2. The summed E-state index contributed by atoms with van der Waals surface area (Å²) in [4.78, 5) is 59.1. The highest BCUT2D eigenvalue weighted by Crippen LogP contribution is 2.65. The minimum atomic E-state index is -1.60. The molecule has 6 unspecified atom stereocenters. The van der Waals surface area contributed by atoms with Crippen molar-refractivity contribution >= 4 is 35.0 Å². The molecule has 0 radical (unpaired) electrons. The van der Waals surface area contributed by atoms with Crippen LogP contribution in [0, 0.1) is 36.4 Å². The summed E-state index contributed by atoms with van der Waals surface area (Å²) in [6.07, 6.45) is 2.21. The Morgan fingerprint density at radius 3 is 2.19 bits per heavy atom. The van der Waals surface area contributed by atoms with Crippen LogP contribution in [0.3, 0.4) is 0 Å². The van der Waals surface area contributed by atoms with Gasteiger partial charge in [0, 0.05) is 11.5 Å². The molecule has 4 aromatic carbocycles. The molecule has 2 N–H and O–H groups in total. The largest absolute Gasteiger partial charge is 0.505 e. The van der Waals surface area contributed by atoms with Gasteiger partial charge in [-0.05, 0) is 61.6 Å². The van der Waals surface area contributed by atoms with Crippen molar-refractivity contribution in [2.75, 3.05) is 10.3 Å². The second-order valence-electron chi connectivity index (χ2n) is 13.1. The average molecular weight is 642 g/mol. The fraction of sp³-hybridized carbons (Fsp3) is 0.231. The number of anilines is 2. The highest BCUT2D eigenvalue weighted by Gasteiger charge is 2.70. The molecule has 2 heterocycles. The van der Waals surface area contributed by atoms with E-state index in [1.54, 1.807) is 72.8 Å². The normalized spacial score (nSPS) is 27.8. The number of benzene rings is 4. The van der Waals surface area contributed by atoms with Crippen LogP contribution in [0.1, 0.15) is 35.4 Å². The number of para-hydroxylation sites is 2. The number of rotatable bonds is 5. The summed E-state index contributed by atoms with van der Waals surface area (Å²) in [6.45, 7) is 1.93. The number of halogens is 1. The summed E-state index contributed by atoms with van der Waals surface area (Å²) in [5.74, 6) is -7.31. The zero-order valence-electron chi connectivity index (χ0n) is 26.0. The van der Waals surface area contributed by atoms with E-state index in [-0.39, 0.29) is 30.2 Å². The smallest absolute Gasteiger partial charge is 0.260 e. The number of hydrogen-bond acceptors (Lipinski definition) is 6. The molecule has 0 bridgehead atoms. The minimum absolute atomic E-state index is 0.104. The molecule has 9 heteroatoms. The number of hydrazine groups is 1. The number of nitrogens with one attached hydrogen (secondary N) is 1. The molecule has 4 aliphatic rings. The van der Waals surface area contributed by atoms with Crippen LogP contribution >= 0.6 is 0 Å². The summed E-state index contributed by atoms with van der Waals surface area (Å²) < 4.78 is 15.2. The van der Waals surface area contributed by atoms with Gasteiger partial charge < -0.3 is 5.11 Å². The maximum Gasteiger partial charge on any atom is 0.260 e. The van der Waals surface area contributed by atoms with E-state index in [1.807, 2.05) is 31.2 Å². The van der Waals surface area contributed by atoms with Crippen LogP contribution in [0.4, 0.5) is 15.8 Å². The van der Waals surface area contributed by atoms with E-state index in [2.05, 4.69) is 5.43 Å². The van der Waals surface area contributed by atoms with Crippen molar-refractivity contribution in [2.24, 2.45) is 23.7 Å². The van der Waals surface area contributed by atoms with Crippen molar-refractivity contribution in [3.8, 4) is 5.75 Å². The van der Waals surface area contributed by atoms with Gasteiger partial charge in [0.05, 0.1) is 34.5 Å². The Labute approximate surface area is 276 Å². The van der Waals surface area contributed by atoms with Gasteiger partial charge in [-0.15, -0.1) is 0 Å². The molecule has 48 heavy (non-hydrogen) atoms. The van der Waals surface area contributed by atoms with E-state index in [0.717, 1.165) is 16.6 Å². The van der Waals surface area contributed by atoms with Gasteiger partial charge in [-0.2, -0.15) is 5.01 Å². The van der Waals surface area contributed by atoms with Crippen molar-refractivity contribution in [2.45, 2.75) is 31.1 Å². The number of aryl methyl sites for hydroxylation is 1. The van der Waals surface area contributed by atoms with Gasteiger partial charge in [-0.25, -0.2) is 4.39 Å². The molecule has 1 saturated carbocycles. The van der Waals surface area contributed by atoms with E-state index in [4.69, 9.17) is 0 Å². The van der Waals surface area contributed by atoms with Crippen molar-refractivity contribution < 1.29 is 28.7 Å². The molecule has 3 fully saturated rings. The van der Waals surface area contributed by atoms with Gasteiger partial charge in [0.15, 0.2) is 11.6 Å². The Morgan fingerprint density at radius 1 is 0.792 bits per heavy atom. The van der Waals surface area contributed by atoms with Crippen molar-refractivity contribution in [3.63, 3.8) is 0 Å². The van der Waals surface area contributed by atoms with Gasteiger partial charge >= 0.3 is 0 Å². The molecule has 2 aliphatic heterocycles. The van der Waals surface area contributed by atoms with Gasteiger partial charge in [-0.3, -0.25) is 29.5 Å². The Bertz CT molecular complexity index is 2010. The molecule has 4 aromatic rings. The first-order valence-corrected chi connectivity index (χ1v) is 16.1. The summed E-state index contributed by atoms with van der Waals surface area (Å²) in [7, 11) is 0. The van der Waals surface area contributed by atoms with Crippen LogP contribution in [0.25, 0.3) is 0 Å². The number of carbonyl (C=O) groups excluding carboxylic acids is 4. The number of fused-ring (bicyclic) bond motifs is 4. The third kappa shape index (κ3) is 4.13. The summed E-state index contributed by atoms with van der Waals surface area (Å²) in [6, 6.07) is 29.2. The topological polar surface area (TPSA) is 107 Å². The Morgan fingerprint density at radius 2 is 1.48 bits per heavy atom. The predicted octanol–water partition coefficient (Wildman–Crippen LogP) is 6.03. The Kier molecular flexibility index (Phi) is 6.84. The minimum Gasteiger partial charge on any atom is -0.505 e. The summed E-state index contributed by atoms with van der Waals surface area (Å²) in [5.41, 5.74) is 4.77. The Balaban J connectivity index is 1.34. The molecular formula is C39H32FN3O5. The third-order valence-electron chi connectivity index (χ3n) is 10.7. The lowest BCUT2D eigenvalue weighted by molar-refractivity contribution is -0.138. The van der Waals surface area contributed by atoms with Crippen LogP contribution < -0.4 is 10.3 Å². The Hall–Kier alpha value is -5.57. The van der Waals surface area contributed by atoms with Gasteiger partial charge in [0.2, 0.25) is 11.8 Å². The number of hydrogen-bond donors (Lipinski definition) is 2. The molecule has 6 atom stereocenters. The lowest BCUT2D eigenvalue weighted by Gasteiger charge is -2.50. The number of imide groups is 2. The third-order valence-corrected chi connectivity index (χ3v) is 10.7. The molecule has 4 amide bonds. The molecular weight excluding hydrogens is 609 g/mol. The molecule has 240 valence electrons. The highest BCUT2D eigenvalue weighted by molar-refractivity contribution is 6.22. The van der Waals surface area contributed by atoms with Gasteiger partial charge in [-0.1, -0.05) is 90.0 Å². The maximum atomic E-state index is 15.2. The number of phenolic OH excluding ortho intramolecular Hbond substituents is 1. The molecule has 8 rings (SSSR count). The number of carbonyl (C=O) groups is 4. The zero-order chi connectivity index (χ0) is 33.3. The second kappa shape index (κ2) is 11.0. The standard InChI is InChI=1S/C39H32FN3O5/c1-22-15-17-24(18-16-22)41-43-36(46)30-21-29-26(19-20-27-32(29)37(47)42(35(27)45)25-11-6-3-7-12-25)33(28-13-8-14-31(40)34(28)44)39(30,38(43)48)23-9-4-2-5-10-23/h2-19,27,29-30,32-33,41,44H,20-21H2,1H3. The number of phenols is 1. The quantitative estimate of drug-likeness (QED) is 0.204. The van der Waals surface area contributed by atoms with Crippen LogP contribution in [-0.2, 0) is 24.6 Å². The monoisotopic (exact) mass is 641 g/mol. The van der Waals surface area contributed by atoms with E-state index >= 15 is 9.18 Å². The van der Waals surface area contributed by atoms with E-state index in [9.17, 15) is 19.5 Å². The van der Waals surface area contributed by atoms with Crippen LogP contribution in [-0.4, -0.2) is 33.7 Å². The van der Waals surface area contributed by atoms with E-state index < -0.39 is 58.4 Å². The number of nitrogens with zero attached hydrogens (tertiary/aromatic N) is 2. The first kappa shape index (κ1) is 29.8. The molecule has 2 saturated heterocycles. The second-order valence-corrected chi connectivity index (χ2v) is 13.1. The molecule has 8 nitrogen and oxygen atoms in total. The SMILES string of the molecule is Cc1ccc(NN2C(=O)C3CC4C(=CCC5C(=O)N(c6ccccc6)C(=O)C54)C(c4cccc(F)c4O)C3(c3ccccc3)C2=O)cc1. The first-order chi connectivity index (χ1) is 23.2. The predicted molar refractivity (Wildman–Crippen MR) is 176 cm³/mol. The lowest BCUT2D eigenvalue weighted by atomic mass is 9.49. The van der Waals surface area contributed by atoms with Crippen LogP contribution in [0.2, 0.25) is 0 Å². The van der Waals surface area contributed by atoms with Crippen molar-refractivity contribution in [3.05, 3.63) is 137 Å². The summed E-state index contributed by atoms with van der Waals surface area (Å²) >= 11 is 0. The fourth-order valence-electron chi connectivity index (χ4n) is 8.69. The van der Waals surface area contributed by atoms with Crippen molar-refractivity contribution in [1.29, 1.82) is 0 Å². The highest BCUT2D eigenvalue weighted by atomic mass is 19.1. The molecule has 2 aliphatic carbocycles. The van der Waals surface area contributed by atoms with E-state index in [1.165, 1.54) is 11.0 Å². The fourth-order valence-corrected chi connectivity index (χ4v) is 8.69. The zero-order valence-corrected chi connectivity index (χ0v) is 26.0. The number of aromatic hydroxyl groups is 1. The molecule has 0 spiro atoms. The average Bonchev–Trinajstić information content (AvgIpc) is 3.48. The first-order valence-electron chi connectivity index (χ1n) is 16.1. The maximum absolute atomic E-state index is 15.2. The van der Waals surface area contributed by atoms with E-state index in [0.29, 0.717) is 22.5 Å². The molecule has 0 aromatic heterocycles. The van der Waals surface area contributed by atoms with Gasteiger partial charge in [0.25, 0.3) is 11.8 Å². The number of amides is 4. The van der Waals surface area contributed by atoms with Crippen LogP contribution in [0.5, 0.6) is 5.75 Å². The summed E-state index contributed by atoms with van der Waals surface area (Å²) in [5, 5.41) is 12.4.